The molecule has 7 heteroatoms. The molecule has 1 saturated heterocycles. The molecule has 2 aliphatic rings. The first kappa shape index (κ1) is 17.0. The van der Waals surface area contributed by atoms with E-state index in [9.17, 15) is 14.4 Å². The number of anilines is 1. The van der Waals surface area contributed by atoms with Gasteiger partial charge in [0.25, 0.3) is 5.91 Å². The molecule has 0 bridgehead atoms. The minimum atomic E-state index is -1.49. The number of carbonyl (C=O) groups excluding carboxylic acids is 3. The van der Waals surface area contributed by atoms with Gasteiger partial charge in [-0.3, -0.25) is 14.5 Å². The number of para-hydroxylation sites is 1. The summed E-state index contributed by atoms with van der Waals surface area (Å²) in [7, 11) is 0. The summed E-state index contributed by atoms with van der Waals surface area (Å²) < 4.78 is 5.07. The molecule has 0 saturated carbocycles. The lowest BCUT2D eigenvalue weighted by atomic mass is 9.96. The van der Waals surface area contributed by atoms with Crippen molar-refractivity contribution in [3.05, 3.63) is 29.8 Å². The van der Waals surface area contributed by atoms with Crippen molar-refractivity contribution in [2.24, 2.45) is 0 Å². The lowest BCUT2D eigenvalue weighted by Gasteiger charge is -2.48. The van der Waals surface area contributed by atoms with Crippen LogP contribution >= 0.6 is 0 Å². The van der Waals surface area contributed by atoms with E-state index in [-0.39, 0.29) is 24.7 Å². The fourth-order valence-electron chi connectivity index (χ4n) is 3.58. The van der Waals surface area contributed by atoms with Crippen molar-refractivity contribution >= 4 is 23.5 Å². The highest BCUT2D eigenvalue weighted by atomic mass is 16.5. The summed E-state index contributed by atoms with van der Waals surface area (Å²) in [5.41, 5.74) is -0.664. The van der Waals surface area contributed by atoms with Crippen LogP contribution in [0.4, 0.5) is 5.69 Å². The summed E-state index contributed by atoms with van der Waals surface area (Å²) >= 11 is 0. The molecular formula is C18H19N3O4. The van der Waals surface area contributed by atoms with Crippen LogP contribution in [0.25, 0.3) is 0 Å². The van der Waals surface area contributed by atoms with Gasteiger partial charge in [-0.05, 0) is 18.6 Å². The number of hydrogen-bond acceptors (Lipinski definition) is 5. The van der Waals surface area contributed by atoms with E-state index in [1.165, 1.54) is 9.80 Å². The number of ether oxygens (including phenoxy) is 1. The topological polar surface area (TPSA) is 90.7 Å². The van der Waals surface area contributed by atoms with E-state index in [1.807, 2.05) is 6.92 Å². The van der Waals surface area contributed by atoms with Crippen LogP contribution in [0.1, 0.15) is 43.0 Å². The van der Waals surface area contributed by atoms with Crippen molar-refractivity contribution < 1.29 is 19.1 Å². The number of benzene rings is 1. The minimum Gasteiger partial charge on any atom is -0.447 e. The predicted molar refractivity (Wildman–Crippen MR) is 88.4 cm³/mol. The van der Waals surface area contributed by atoms with Crippen LogP contribution in [0.15, 0.2) is 24.3 Å². The van der Waals surface area contributed by atoms with Gasteiger partial charge in [0, 0.05) is 19.4 Å². The highest BCUT2D eigenvalue weighted by molar-refractivity contribution is 6.15. The zero-order valence-corrected chi connectivity index (χ0v) is 14.0. The normalized spacial score (nSPS) is 21.6. The Hall–Kier alpha value is -2.88. The number of unbranched alkanes of at least 4 members (excludes halogenated alkanes) is 1. The van der Waals surface area contributed by atoms with E-state index in [1.54, 1.807) is 30.3 Å². The second kappa shape index (κ2) is 6.55. The van der Waals surface area contributed by atoms with Crippen molar-refractivity contribution in [1.82, 2.24) is 4.90 Å². The SMILES string of the molecule is CCCCN1C(=O)c2ccccc2N2C(=O)CC[C@]12C(=O)OCC#N. The molecule has 1 fully saturated rings. The maximum absolute atomic E-state index is 13.1. The molecular weight excluding hydrogens is 322 g/mol. The molecule has 0 unspecified atom stereocenters. The third kappa shape index (κ3) is 2.45. The Kier molecular flexibility index (Phi) is 4.45. The average molecular weight is 341 g/mol. The number of esters is 1. The van der Waals surface area contributed by atoms with Crippen LogP contribution in [-0.2, 0) is 14.3 Å². The van der Waals surface area contributed by atoms with Crippen LogP contribution in [0.3, 0.4) is 0 Å². The molecule has 2 heterocycles. The van der Waals surface area contributed by atoms with Gasteiger partial charge in [0.05, 0.1) is 11.3 Å². The van der Waals surface area contributed by atoms with Gasteiger partial charge >= 0.3 is 5.97 Å². The minimum absolute atomic E-state index is 0.145. The molecule has 1 aromatic rings. The molecule has 130 valence electrons. The number of nitriles is 1. The number of nitrogens with zero attached hydrogens (tertiary/aromatic N) is 3. The Morgan fingerprint density at radius 3 is 2.84 bits per heavy atom. The molecule has 25 heavy (non-hydrogen) atoms. The van der Waals surface area contributed by atoms with Crippen molar-refractivity contribution in [3.63, 3.8) is 0 Å². The molecule has 1 atom stereocenters. The summed E-state index contributed by atoms with van der Waals surface area (Å²) in [6.45, 7) is 1.91. The van der Waals surface area contributed by atoms with Crippen LogP contribution in [-0.4, -0.2) is 41.5 Å². The highest BCUT2D eigenvalue weighted by Gasteiger charge is 2.61. The molecule has 0 N–H and O–H groups in total. The summed E-state index contributed by atoms with van der Waals surface area (Å²) in [4.78, 5) is 41.4. The second-order valence-corrected chi connectivity index (χ2v) is 6.11. The van der Waals surface area contributed by atoms with Crippen molar-refractivity contribution in [2.45, 2.75) is 38.3 Å². The Balaban J connectivity index is 2.16. The van der Waals surface area contributed by atoms with E-state index in [2.05, 4.69) is 0 Å². The number of hydrogen-bond donors (Lipinski definition) is 0. The Morgan fingerprint density at radius 2 is 2.12 bits per heavy atom. The summed E-state index contributed by atoms with van der Waals surface area (Å²) in [6, 6.07) is 8.55. The first-order valence-electron chi connectivity index (χ1n) is 8.36. The van der Waals surface area contributed by atoms with Gasteiger partial charge in [-0.15, -0.1) is 0 Å². The molecule has 0 aromatic heterocycles. The van der Waals surface area contributed by atoms with Gasteiger partial charge < -0.3 is 9.64 Å². The van der Waals surface area contributed by atoms with Gasteiger partial charge in [-0.2, -0.15) is 5.26 Å². The fourth-order valence-corrected chi connectivity index (χ4v) is 3.58. The maximum Gasteiger partial charge on any atom is 0.354 e. The Morgan fingerprint density at radius 1 is 1.36 bits per heavy atom. The van der Waals surface area contributed by atoms with Crippen LogP contribution < -0.4 is 4.90 Å². The molecule has 0 aliphatic carbocycles. The Bertz CT molecular complexity index is 770. The summed E-state index contributed by atoms with van der Waals surface area (Å²) in [5, 5.41) is 8.73. The molecule has 3 rings (SSSR count). The zero-order valence-electron chi connectivity index (χ0n) is 14.0. The first-order valence-corrected chi connectivity index (χ1v) is 8.36. The zero-order chi connectivity index (χ0) is 18.0. The second-order valence-electron chi connectivity index (χ2n) is 6.11. The van der Waals surface area contributed by atoms with Gasteiger partial charge in [-0.25, -0.2) is 4.79 Å². The molecule has 2 aliphatic heterocycles. The van der Waals surface area contributed by atoms with Crippen LogP contribution in [0.5, 0.6) is 0 Å². The summed E-state index contributed by atoms with van der Waals surface area (Å²) in [6.07, 6.45) is 1.84. The molecule has 2 amide bonds. The largest absolute Gasteiger partial charge is 0.447 e. The number of amides is 2. The van der Waals surface area contributed by atoms with Crippen molar-refractivity contribution in [2.75, 3.05) is 18.1 Å². The van der Waals surface area contributed by atoms with Crippen molar-refractivity contribution in [1.29, 1.82) is 5.26 Å². The van der Waals surface area contributed by atoms with Crippen LogP contribution in [0.2, 0.25) is 0 Å². The Labute approximate surface area is 145 Å². The standard InChI is InChI=1S/C18H19N3O4/c1-2-3-11-20-16(23)13-6-4-5-7-14(13)21-15(22)8-9-18(20,21)17(24)25-12-10-19/h4-7H,2-3,8-9,11-12H2,1H3/t18-/m0/s1. The number of rotatable bonds is 5. The lowest BCUT2D eigenvalue weighted by Crippen LogP contribution is -2.68. The number of fused-ring (bicyclic) bond motifs is 3. The van der Waals surface area contributed by atoms with E-state index < -0.39 is 18.2 Å². The van der Waals surface area contributed by atoms with Gasteiger partial charge in [0.15, 0.2) is 6.61 Å². The average Bonchev–Trinajstić information content (AvgIpc) is 2.98. The van der Waals surface area contributed by atoms with Gasteiger partial charge in [0.1, 0.15) is 6.07 Å². The third-order valence-corrected chi connectivity index (χ3v) is 4.70. The lowest BCUT2D eigenvalue weighted by molar-refractivity contribution is -0.155. The molecule has 1 aromatic carbocycles. The quantitative estimate of drug-likeness (QED) is 0.762. The smallest absolute Gasteiger partial charge is 0.354 e. The van der Waals surface area contributed by atoms with E-state index in [0.717, 1.165) is 6.42 Å². The van der Waals surface area contributed by atoms with Crippen LogP contribution in [0, 0.1) is 11.3 Å². The fraction of sp³-hybridized carbons (Fsp3) is 0.444. The van der Waals surface area contributed by atoms with E-state index in [0.29, 0.717) is 24.2 Å². The highest BCUT2D eigenvalue weighted by Crippen LogP contribution is 2.45. The molecule has 0 radical (unpaired) electrons. The molecule has 7 nitrogen and oxygen atoms in total. The van der Waals surface area contributed by atoms with E-state index >= 15 is 0 Å². The predicted octanol–water partition coefficient (Wildman–Crippen LogP) is 1.83. The number of carbonyl (C=O) groups is 3. The molecule has 0 spiro atoms. The van der Waals surface area contributed by atoms with Gasteiger partial charge in [0.2, 0.25) is 11.6 Å². The third-order valence-electron chi connectivity index (χ3n) is 4.70. The van der Waals surface area contributed by atoms with E-state index in [4.69, 9.17) is 10.00 Å². The van der Waals surface area contributed by atoms with Crippen molar-refractivity contribution in [3.8, 4) is 6.07 Å². The van der Waals surface area contributed by atoms with Gasteiger partial charge in [-0.1, -0.05) is 25.5 Å². The maximum atomic E-state index is 13.1. The monoisotopic (exact) mass is 341 g/mol. The summed E-state index contributed by atoms with van der Waals surface area (Å²) in [5.74, 6) is -1.24. The first-order chi connectivity index (χ1) is 12.1.